The van der Waals surface area contributed by atoms with Crippen molar-refractivity contribution in [1.82, 2.24) is 0 Å². The maximum absolute atomic E-state index is 4.13. The van der Waals surface area contributed by atoms with Crippen molar-refractivity contribution >= 4 is 59.4 Å². The molecule has 0 atom stereocenters. The summed E-state index contributed by atoms with van der Waals surface area (Å²) in [6.45, 7) is 51.2. The molecule has 8 heteroatoms. The summed E-state index contributed by atoms with van der Waals surface area (Å²) in [7, 11) is -4.48. The van der Waals surface area contributed by atoms with Crippen LogP contribution in [0.5, 0.6) is 0 Å². The van der Waals surface area contributed by atoms with E-state index in [0.717, 1.165) is 30.6 Å². The fourth-order valence-electron chi connectivity index (χ4n) is 7.09. The van der Waals surface area contributed by atoms with E-state index in [9.17, 15) is 0 Å². The molecule has 0 aliphatic rings. The Labute approximate surface area is 250 Å². The van der Waals surface area contributed by atoms with Gasteiger partial charge in [-0.3, -0.25) is 0 Å². The van der Waals surface area contributed by atoms with Gasteiger partial charge in [0.15, 0.2) is 0 Å². The average Bonchev–Trinajstić information content (AvgIpc) is 2.51. The van der Waals surface area contributed by atoms with Crippen LogP contribution in [-0.2, 0) is 16.5 Å². The van der Waals surface area contributed by atoms with Gasteiger partial charge in [0.05, 0.1) is 35.0 Å². The molecule has 0 saturated heterocycles. The average molecular weight is 762 g/mol. The van der Waals surface area contributed by atoms with Gasteiger partial charge in [-0.15, -0.1) is 0 Å². The Morgan fingerprint density at radius 1 is 0.444 bits per heavy atom. The van der Waals surface area contributed by atoms with Gasteiger partial charge in [-0.25, -0.2) is 0 Å². The number of hydrogen-bond acceptors (Lipinski definition) is 0. The quantitative estimate of drug-likeness (QED) is 0.130. The van der Waals surface area contributed by atoms with E-state index >= 15 is 0 Å². The van der Waals surface area contributed by atoms with E-state index in [0.29, 0.717) is 0 Å². The van der Waals surface area contributed by atoms with Crippen LogP contribution in [0, 0.1) is 0 Å². The predicted molar refractivity (Wildman–Crippen MR) is 194 cm³/mol. The van der Waals surface area contributed by atoms with Crippen LogP contribution < -0.4 is 0 Å². The first kappa shape index (κ1) is 41.1. The number of hydrogen-bond donors (Lipinski definition) is 0. The van der Waals surface area contributed by atoms with Crippen molar-refractivity contribution in [3.05, 3.63) is 0 Å². The van der Waals surface area contributed by atoms with Crippen molar-refractivity contribution in [2.45, 2.75) is 165 Å². The van der Waals surface area contributed by atoms with Crippen LogP contribution in [0.1, 0.15) is 55.4 Å². The molecule has 0 aromatic carbocycles. The summed E-state index contributed by atoms with van der Waals surface area (Å²) in [6.07, 6.45) is 3.12. The molecule has 0 bridgehead atoms. The monoisotopic (exact) mass is 762 g/mol. The van der Waals surface area contributed by atoms with Gasteiger partial charge in [0.1, 0.15) is 0 Å². The predicted octanol–water partition coefficient (Wildman–Crippen LogP) is 10.8. The van der Waals surface area contributed by atoms with Gasteiger partial charge in [-0.1, -0.05) is 0 Å². The van der Waals surface area contributed by atoms with Crippen molar-refractivity contribution < 1.29 is 16.5 Å². The first-order valence-electron chi connectivity index (χ1n) is 14.9. The van der Waals surface area contributed by atoms with Gasteiger partial charge >= 0.3 is 147 Å². The third kappa shape index (κ3) is 15.2. The van der Waals surface area contributed by atoms with Crippen LogP contribution in [0.4, 0.5) is 0 Å². The molecule has 222 valence electrons. The zero-order chi connectivity index (χ0) is 29.6. The second kappa shape index (κ2) is 16.5. The van der Waals surface area contributed by atoms with Crippen molar-refractivity contribution in [1.29, 1.82) is 0 Å². The molecular formula is C28H72GeP2PdSi4+2. The molecule has 0 unspecified atom stereocenters. The SMILES string of the molecule is CC(C)[PH+](CC[PH+](C(C)C)C(C)C)C(C)C.C[Si](C)(C)[CH]([Ge](=[Pd])[CH]([Si](C)(C)C)[Si](C)(C)C)[Si](C)(C)C. The van der Waals surface area contributed by atoms with E-state index < -0.39 is 43.5 Å². The van der Waals surface area contributed by atoms with E-state index in [1.165, 1.54) is 0 Å². The van der Waals surface area contributed by atoms with E-state index in [1.807, 2.05) is 0 Å². The third-order valence-corrected chi connectivity index (χ3v) is 76.4. The molecule has 36 heavy (non-hydrogen) atoms. The van der Waals surface area contributed by atoms with Crippen LogP contribution in [-0.4, -0.2) is 78.5 Å². The number of rotatable bonds is 13. The first-order valence-corrected chi connectivity index (χ1v) is 40.0. The van der Waals surface area contributed by atoms with Gasteiger partial charge in [0.25, 0.3) is 0 Å². The van der Waals surface area contributed by atoms with Crippen molar-refractivity contribution in [3.8, 4) is 0 Å². The summed E-state index contributed by atoms with van der Waals surface area (Å²) >= 11 is 2.97. The fraction of sp³-hybridized carbons (Fsp3) is 1.00. The van der Waals surface area contributed by atoms with Gasteiger partial charge in [-0.2, -0.15) is 0 Å². The topological polar surface area (TPSA) is 0 Å². The van der Waals surface area contributed by atoms with Crippen LogP contribution in [0.15, 0.2) is 0 Å². The molecule has 0 radical (unpaired) electrons. The third-order valence-electron chi connectivity index (χ3n) is 7.65. The van der Waals surface area contributed by atoms with Crippen molar-refractivity contribution in [2.75, 3.05) is 12.3 Å². The fourth-order valence-corrected chi connectivity index (χ4v) is 107. The van der Waals surface area contributed by atoms with Gasteiger partial charge < -0.3 is 0 Å². The van der Waals surface area contributed by atoms with Gasteiger partial charge in [-0.05, 0) is 55.4 Å². The molecule has 0 aromatic rings. The molecular weight excluding hydrogens is 690 g/mol. The Balaban J connectivity index is 0. The summed E-state index contributed by atoms with van der Waals surface area (Å²) in [5.41, 5.74) is 3.81. The Hall–Kier alpha value is 2.93. The molecule has 0 heterocycles. The Bertz CT molecular complexity index is 544. The normalized spacial score (nSPS) is 14.3. The minimum absolute atomic E-state index is 0.114. The van der Waals surface area contributed by atoms with E-state index in [4.69, 9.17) is 0 Å². The van der Waals surface area contributed by atoms with Crippen LogP contribution >= 0.6 is 15.8 Å². The molecule has 0 nitrogen and oxygen atoms in total. The Kier molecular flexibility index (Phi) is 18.9. The van der Waals surface area contributed by atoms with Gasteiger partial charge in [0, 0.05) is 15.8 Å². The van der Waals surface area contributed by atoms with Crippen LogP contribution in [0.25, 0.3) is 0 Å². The minimum atomic E-state index is -1.16. The molecule has 0 aromatic heterocycles. The zero-order valence-corrected chi connectivity index (χ0v) is 38.3. The summed E-state index contributed by atoms with van der Waals surface area (Å²) in [5, 5.41) is 0. The van der Waals surface area contributed by atoms with E-state index in [2.05, 4.69) is 150 Å². The van der Waals surface area contributed by atoms with Crippen LogP contribution in [0.2, 0.25) is 86.6 Å². The second-order valence-corrected chi connectivity index (χ2v) is 60.7. The summed E-state index contributed by atoms with van der Waals surface area (Å²) in [6, 6.07) is 0. The molecule has 0 amide bonds. The van der Waals surface area contributed by atoms with Gasteiger partial charge in [0.2, 0.25) is 0 Å². The molecule has 0 aliphatic carbocycles. The first-order chi connectivity index (χ1) is 15.7. The van der Waals surface area contributed by atoms with Crippen molar-refractivity contribution in [3.63, 3.8) is 0 Å². The second-order valence-electron chi connectivity index (χ2n) is 16.9. The molecule has 0 N–H and O–H groups in total. The summed E-state index contributed by atoms with van der Waals surface area (Å²) in [5.74, 6) is 0. The molecule has 0 spiro atoms. The zero-order valence-electron chi connectivity index (χ0n) is 28.7. The molecule has 0 saturated carbocycles. The maximum atomic E-state index is 4.13. The van der Waals surface area contributed by atoms with E-state index in [-0.39, 0.29) is 15.8 Å². The summed E-state index contributed by atoms with van der Waals surface area (Å²) < 4.78 is 2.31. The standard InChI is InChI=1S/C14H38GeSi4.C14H32P2.Pd/c1-16(2,3)13(17(4,5)6)15-14(18(7,8)9)19(10,11)12;1-11(2)15(12(3)4)9-10-16(13(5)6)14(7)8;/h13-14H,1-12H3;11-14H,9-10H2,1-8H3;/p+2. The molecule has 0 aliphatic heterocycles. The Morgan fingerprint density at radius 2 is 0.611 bits per heavy atom. The van der Waals surface area contributed by atoms with Crippen molar-refractivity contribution in [2.24, 2.45) is 0 Å². The Morgan fingerprint density at radius 3 is 0.722 bits per heavy atom. The van der Waals surface area contributed by atoms with E-state index in [1.54, 1.807) is 12.3 Å². The molecule has 0 fully saturated rings. The molecule has 0 rings (SSSR count). The summed E-state index contributed by atoms with van der Waals surface area (Å²) in [4.78, 5) is 0. The van der Waals surface area contributed by atoms with Crippen LogP contribution in [0.3, 0.4) is 0 Å².